The van der Waals surface area contributed by atoms with Gasteiger partial charge in [-0.1, -0.05) is 6.07 Å². The molecule has 0 saturated carbocycles. The fourth-order valence-corrected chi connectivity index (χ4v) is 3.71. The van der Waals surface area contributed by atoms with Crippen LogP contribution in [0, 0.1) is 0 Å². The van der Waals surface area contributed by atoms with E-state index >= 15 is 0 Å². The van der Waals surface area contributed by atoms with E-state index in [4.69, 9.17) is 0 Å². The summed E-state index contributed by atoms with van der Waals surface area (Å²) in [7, 11) is 0. The Labute approximate surface area is 142 Å². The van der Waals surface area contributed by atoms with Crippen LogP contribution in [0.15, 0.2) is 43.0 Å². The summed E-state index contributed by atoms with van der Waals surface area (Å²) in [6.07, 6.45) is 10.2. The predicted molar refractivity (Wildman–Crippen MR) is 90.1 cm³/mol. The third-order valence-corrected chi connectivity index (χ3v) is 5.30. The van der Waals surface area contributed by atoms with Gasteiger partial charge in [-0.3, -0.25) is 19.4 Å². The van der Waals surface area contributed by atoms with Gasteiger partial charge in [0.2, 0.25) is 0 Å². The highest BCUT2D eigenvalue weighted by atomic mass is 16.2. The molecule has 2 aliphatic rings. The van der Waals surface area contributed by atoms with Gasteiger partial charge in [0.05, 0.1) is 0 Å². The lowest BCUT2D eigenvalue weighted by Crippen LogP contribution is -2.59. The molecule has 4 heterocycles. The molecule has 6 nitrogen and oxygen atoms in total. The van der Waals surface area contributed by atoms with Gasteiger partial charge in [0.15, 0.2) is 0 Å². The Balaban J connectivity index is 1.49. The van der Waals surface area contributed by atoms with E-state index in [2.05, 4.69) is 21.0 Å². The molecule has 0 unspecified atom stereocenters. The quantitative estimate of drug-likeness (QED) is 0.855. The van der Waals surface area contributed by atoms with E-state index in [9.17, 15) is 4.79 Å². The maximum atomic E-state index is 13.1. The number of carbonyl (C=O) groups is 1. The van der Waals surface area contributed by atoms with Crippen LogP contribution in [0.25, 0.3) is 0 Å². The van der Waals surface area contributed by atoms with Crippen molar-refractivity contribution in [1.29, 1.82) is 0 Å². The Morgan fingerprint density at radius 3 is 2.54 bits per heavy atom. The topological polar surface area (TPSA) is 54.3 Å². The van der Waals surface area contributed by atoms with Crippen molar-refractivity contribution >= 4 is 5.91 Å². The number of amides is 1. The lowest BCUT2D eigenvalue weighted by atomic mass is 9.85. The van der Waals surface area contributed by atoms with Gasteiger partial charge in [0.25, 0.3) is 5.91 Å². The average Bonchev–Trinajstić information content (AvgIpc) is 3.10. The smallest absolute Gasteiger partial charge is 0.250 e. The maximum absolute atomic E-state index is 13.1. The minimum absolute atomic E-state index is 0.249. The van der Waals surface area contributed by atoms with Crippen LogP contribution in [0.5, 0.6) is 0 Å². The molecule has 0 radical (unpaired) electrons. The van der Waals surface area contributed by atoms with Crippen molar-refractivity contribution in [3.05, 3.63) is 48.5 Å². The lowest BCUT2D eigenvalue weighted by Gasteiger charge is -2.45. The molecule has 2 aliphatic heterocycles. The van der Waals surface area contributed by atoms with Gasteiger partial charge in [-0.25, -0.2) is 0 Å². The molecule has 0 spiro atoms. The fraction of sp³-hybridized carbons (Fsp3) is 0.500. The van der Waals surface area contributed by atoms with Crippen LogP contribution in [0.1, 0.15) is 24.8 Å². The zero-order valence-corrected chi connectivity index (χ0v) is 13.8. The SMILES string of the molecule is O=C(N1CCC1)C1(n2cccn2)CCN(Cc2cccnc2)CC1. The van der Waals surface area contributed by atoms with Gasteiger partial charge < -0.3 is 4.90 Å². The van der Waals surface area contributed by atoms with Gasteiger partial charge in [-0.05, 0) is 37.0 Å². The molecule has 2 saturated heterocycles. The van der Waals surface area contributed by atoms with Crippen LogP contribution in [0.4, 0.5) is 0 Å². The van der Waals surface area contributed by atoms with E-state index in [0.717, 1.165) is 52.0 Å². The van der Waals surface area contributed by atoms with Gasteiger partial charge >= 0.3 is 0 Å². The maximum Gasteiger partial charge on any atom is 0.250 e. The first-order chi connectivity index (χ1) is 11.8. The van der Waals surface area contributed by atoms with Gasteiger partial charge in [-0.2, -0.15) is 5.10 Å². The summed E-state index contributed by atoms with van der Waals surface area (Å²) in [5.74, 6) is 0.249. The number of nitrogens with zero attached hydrogens (tertiary/aromatic N) is 5. The number of carbonyl (C=O) groups excluding carboxylic acids is 1. The van der Waals surface area contributed by atoms with E-state index in [0.29, 0.717) is 0 Å². The minimum atomic E-state index is -0.505. The van der Waals surface area contributed by atoms with Crippen molar-refractivity contribution in [2.24, 2.45) is 0 Å². The highest BCUT2D eigenvalue weighted by Gasteiger charge is 2.46. The Kier molecular flexibility index (Phi) is 4.06. The molecular weight excluding hydrogens is 302 g/mol. The van der Waals surface area contributed by atoms with Crippen molar-refractivity contribution < 1.29 is 4.79 Å². The van der Waals surface area contributed by atoms with Crippen molar-refractivity contribution in [3.8, 4) is 0 Å². The van der Waals surface area contributed by atoms with Gasteiger partial charge in [0.1, 0.15) is 5.54 Å². The van der Waals surface area contributed by atoms with E-state index in [-0.39, 0.29) is 5.91 Å². The second-order valence-electron chi connectivity index (χ2n) is 6.77. The summed E-state index contributed by atoms with van der Waals surface area (Å²) in [6, 6.07) is 5.99. The zero-order valence-electron chi connectivity index (χ0n) is 13.8. The molecule has 0 atom stereocenters. The Morgan fingerprint density at radius 1 is 1.12 bits per heavy atom. The first-order valence-electron chi connectivity index (χ1n) is 8.69. The van der Waals surface area contributed by atoms with Gasteiger partial charge in [-0.15, -0.1) is 0 Å². The monoisotopic (exact) mass is 325 g/mol. The Morgan fingerprint density at radius 2 is 1.96 bits per heavy atom. The molecule has 1 amide bonds. The van der Waals surface area contributed by atoms with E-state index < -0.39 is 5.54 Å². The zero-order chi connectivity index (χ0) is 16.4. The largest absolute Gasteiger partial charge is 0.340 e. The summed E-state index contributed by atoms with van der Waals surface area (Å²) >= 11 is 0. The molecule has 0 aromatic carbocycles. The average molecular weight is 325 g/mol. The Hall–Kier alpha value is -2.21. The molecule has 2 aromatic heterocycles. The number of piperidine rings is 1. The van der Waals surface area contributed by atoms with Crippen molar-refractivity contribution in [2.45, 2.75) is 31.3 Å². The minimum Gasteiger partial charge on any atom is -0.340 e. The first-order valence-corrected chi connectivity index (χ1v) is 8.69. The summed E-state index contributed by atoms with van der Waals surface area (Å²) in [4.78, 5) is 21.7. The summed E-state index contributed by atoms with van der Waals surface area (Å²) in [6.45, 7) is 4.46. The summed E-state index contributed by atoms with van der Waals surface area (Å²) in [5.41, 5.74) is 0.716. The van der Waals surface area contributed by atoms with Crippen LogP contribution >= 0.6 is 0 Å². The number of hydrogen-bond acceptors (Lipinski definition) is 4. The van der Waals surface area contributed by atoms with E-state index in [1.165, 1.54) is 5.56 Å². The van der Waals surface area contributed by atoms with Crippen molar-refractivity contribution in [3.63, 3.8) is 0 Å². The number of likely N-dealkylation sites (tertiary alicyclic amines) is 2. The molecule has 6 heteroatoms. The second kappa shape index (κ2) is 6.36. The van der Waals surface area contributed by atoms with Crippen LogP contribution in [-0.4, -0.2) is 56.7 Å². The second-order valence-corrected chi connectivity index (χ2v) is 6.77. The molecule has 0 aliphatic carbocycles. The third-order valence-electron chi connectivity index (χ3n) is 5.30. The third kappa shape index (κ3) is 2.71. The molecule has 2 fully saturated rings. The highest BCUT2D eigenvalue weighted by molar-refractivity contribution is 5.85. The fourth-order valence-electron chi connectivity index (χ4n) is 3.71. The van der Waals surface area contributed by atoms with Gasteiger partial charge in [0, 0.05) is 57.5 Å². The molecular formula is C18H23N5O. The standard InChI is InChI=1S/C18H23N5O/c24-17(22-9-3-10-22)18(23-11-2-8-20-23)5-12-21(13-6-18)15-16-4-1-7-19-14-16/h1-2,4,7-8,11,14H,3,5-6,9-10,12-13,15H2. The Bertz CT molecular complexity index is 673. The van der Waals surface area contributed by atoms with Crippen LogP contribution in [0.3, 0.4) is 0 Å². The van der Waals surface area contributed by atoms with Crippen molar-refractivity contribution in [1.82, 2.24) is 24.6 Å². The molecule has 126 valence electrons. The number of aromatic nitrogens is 3. The van der Waals surface area contributed by atoms with E-state index in [1.807, 2.05) is 34.1 Å². The number of hydrogen-bond donors (Lipinski definition) is 0. The first kappa shape index (κ1) is 15.3. The highest BCUT2D eigenvalue weighted by Crippen LogP contribution is 2.33. The van der Waals surface area contributed by atoms with E-state index in [1.54, 1.807) is 12.4 Å². The number of pyridine rings is 1. The van der Waals surface area contributed by atoms with Crippen molar-refractivity contribution in [2.75, 3.05) is 26.2 Å². The molecule has 0 N–H and O–H groups in total. The number of rotatable bonds is 4. The summed E-state index contributed by atoms with van der Waals surface area (Å²) in [5, 5.41) is 4.42. The lowest BCUT2D eigenvalue weighted by molar-refractivity contribution is -0.148. The van der Waals surface area contributed by atoms with Crippen LogP contribution in [-0.2, 0) is 16.9 Å². The molecule has 4 rings (SSSR count). The molecule has 2 aromatic rings. The van der Waals surface area contributed by atoms with Crippen LogP contribution in [0.2, 0.25) is 0 Å². The van der Waals surface area contributed by atoms with Crippen LogP contribution < -0.4 is 0 Å². The summed E-state index contributed by atoms with van der Waals surface area (Å²) < 4.78 is 1.90. The normalized spacial score (nSPS) is 20.6. The molecule has 0 bridgehead atoms. The molecule has 24 heavy (non-hydrogen) atoms. The predicted octanol–water partition coefficient (Wildman–Crippen LogP) is 1.50.